The highest BCUT2D eigenvalue weighted by Gasteiger charge is 2.14. The number of urea groups is 1. The number of benzene rings is 2. The van der Waals surface area contributed by atoms with Crippen molar-refractivity contribution in [2.24, 2.45) is 5.92 Å². The molecule has 2 amide bonds. The van der Waals surface area contributed by atoms with Crippen LogP contribution >= 0.6 is 0 Å². The Balaban J connectivity index is 1.47. The van der Waals surface area contributed by atoms with Crippen LogP contribution in [0.5, 0.6) is 5.75 Å². The minimum Gasteiger partial charge on any atom is -0.497 e. The molecule has 132 valence electrons. The molecule has 0 aromatic heterocycles. The van der Waals surface area contributed by atoms with Gasteiger partial charge in [-0.25, -0.2) is 4.79 Å². The van der Waals surface area contributed by atoms with Gasteiger partial charge in [0, 0.05) is 23.6 Å². The Bertz CT molecular complexity index is 677. The zero-order valence-corrected chi connectivity index (χ0v) is 14.5. The summed E-state index contributed by atoms with van der Waals surface area (Å²) in [6, 6.07) is 14.8. The highest BCUT2D eigenvalue weighted by molar-refractivity contribution is 5.99. The van der Waals surface area contributed by atoms with Crippen LogP contribution in [0.4, 0.5) is 21.9 Å². The molecule has 5 heteroatoms. The van der Waals surface area contributed by atoms with Crippen LogP contribution in [0.3, 0.4) is 0 Å². The van der Waals surface area contributed by atoms with Gasteiger partial charge in [-0.15, -0.1) is 0 Å². The van der Waals surface area contributed by atoms with E-state index in [0.717, 1.165) is 29.6 Å². The monoisotopic (exact) mass is 339 g/mol. The highest BCUT2D eigenvalue weighted by atomic mass is 16.5. The lowest BCUT2D eigenvalue weighted by atomic mass is 10.1. The van der Waals surface area contributed by atoms with Crippen LogP contribution in [-0.2, 0) is 0 Å². The van der Waals surface area contributed by atoms with Crippen LogP contribution in [0.2, 0.25) is 0 Å². The summed E-state index contributed by atoms with van der Waals surface area (Å²) in [5.41, 5.74) is 2.57. The summed E-state index contributed by atoms with van der Waals surface area (Å²) in [7, 11) is 1.61. The van der Waals surface area contributed by atoms with Gasteiger partial charge in [0.1, 0.15) is 5.75 Å². The quantitative estimate of drug-likeness (QED) is 0.698. The van der Waals surface area contributed by atoms with Gasteiger partial charge in [-0.05, 0) is 67.3 Å². The van der Waals surface area contributed by atoms with Crippen molar-refractivity contribution >= 4 is 23.1 Å². The van der Waals surface area contributed by atoms with Crippen molar-refractivity contribution in [3.8, 4) is 5.75 Å². The molecule has 1 aliphatic carbocycles. The average Bonchev–Trinajstić information content (AvgIpc) is 3.15. The van der Waals surface area contributed by atoms with Crippen molar-refractivity contribution in [1.82, 2.24) is 0 Å². The van der Waals surface area contributed by atoms with Crippen LogP contribution in [0.25, 0.3) is 0 Å². The van der Waals surface area contributed by atoms with Gasteiger partial charge < -0.3 is 20.7 Å². The van der Waals surface area contributed by atoms with Gasteiger partial charge in [0.15, 0.2) is 0 Å². The van der Waals surface area contributed by atoms with E-state index in [1.54, 1.807) is 31.4 Å². The second-order valence-corrected chi connectivity index (χ2v) is 6.42. The predicted molar refractivity (Wildman–Crippen MR) is 103 cm³/mol. The summed E-state index contributed by atoms with van der Waals surface area (Å²) in [4.78, 5) is 12.1. The summed E-state index contributed by atoms with van der Waals surface area (Å²) >= 11 is 0. The fourth-order valence-corrected chi connectivity index (χ4v) is 3.12. The number of carbonyl (C=O) groups is 1. The molecular formula is C20H25N3O2. The summed E-state index contributed by atoms with van der Waals surface area (Å²) < 4.78 is 5.10. The lowest BCUT2D eigenvalue weighted by Gasteiger charge is -2.12. The molecule has 2 aromatic carbocycles. The van der Waals surface area contributed by atoms with Crippen molar-refractivity contribution < 1.29 is 9.53 Å². The molecule has 1 saturated carbocycles. The van der Waals surface area contributed by atoms with Gasteiger partial charge in [0.05, 0.1) is 7.11 Å². The maximum Gasteiger partial charge on any atom is 0.323 e. The van der Waals surface area contributed by atoms with Crippen LogP contribution in [0, 0.1) is 5.92 Å². The summed E-state index contributed by atoms with van der Waals surface area (Å²) in [6.07, 6.45) is 5.38. The van der Waals surface area contributed by atoms with Crippen LogP contribution < -0.4 is 20.7 Å². The van der Waals surface area contributed by atoms with Gasteiger partial charge in [0.25, 0.3) is 0 Å². The number of ether oxygens (including phenoxy) is 1. The molecule has 0 bridgehead atoms. The van der Waals surface area contributed by atoms with E-state index in [0.29, 0.717) is 5.69 Å². The number of anilines is 3. The first-order valence-electron chi connectivity index (χ1n) is 8.79. The van der Waals surface area contributed by atoms with E-state index in [9.17, 15) is 4.79 Å². The number of hydrogen-bond acceptors (Lipinski definition) is 3. The zero-order valence-electron chi connectivity index (χ0n) is 14.5. The molecular weight excluding hydrogens is 314 g/mol. The molecule has 3 rings (SSSR count). The van der Waals surface area contributed by atoms with E-state index in [2.05, 4.69) is 16.0 Å². The van der Waals surface area contributed by atoms with E-state index in [1.807, 2.05) is 24.3 Å². The molecule has 0 atom stereocenters. The largest absolute Gasteiger partial charge is 0.497 e. The van der Waals surface area contributed by atoms with Gasteiger partial charge in [-0.2, -0.15) is 0 Å². The minimum atomic E-state index is -0.267. The molecule has 2 aromatic rings. The molecule has 0 aliphatic heterocycles. The zero-order chi connectivity index (χ0) is 17.5. The Hall–Kier alpha value is -2.69. The van der Waals surface area contributed by atoms with Gasteiger partial charge in [-0.3, -0.25) is 0 Å². The van der Waals surface area contributed by atoms with E-state index < -0.39 is 0 Å². The summed E-state index contributed by atoms with van der Waals surface area (Å²) in [6.45, 7) is 1.03. The fourth-order valence-electron chi connectivity index (χ4n) is 3.12. The maximum absolute atomic E-state index is 12.1. The topological polar surface area (TPSA) is 62.4 Å². The molecule has 1 fully saturated rings. The van der Waals surface area contributed by atoms with Crippen LogP contribution in [-0.4, -0.2) is 19.7 Å². The van der Waals surface area contributed by atoms with Crippen LogP contribution in [0.15, 0.2) is 48.5 Å². The second kappa shape index (κ2) is 8.42. The molecule has 0 radical (unpaired) electrons. The molecule has 0 unspecified atom stereocenters. The normalized spacial score (nSPS) is 14.1. The first-order chi connectivity index (χ1) is 12.2. The number of nitrogens with one attached hydrogen (secondary N) is 3. The maximum atomic E-state index is 12.1. The molecule has 0 heterocycles. The number of amides is 2. The molecule has 0 spiro atoms. The molecule has 25 heavy (non-hydrogen) atoms. The number of carbonyl (C=O) groups excluding carboxylic acids is 1. The predicted octanol–water partition coefficient (Wildman–Crippen LogP) is 4.94. The van der Waals surface area contributed by atoms with E-state index in [1.165, 1.54) is 25.7 Å². The van der Waals surface area contributed by atoms with Crippen molar-refractivity contribution in [3.63, 3.8) is 0 Å². The van der Waals surface area contributed by atoms with Crippen LogP contribution in [0.1, 0.15) is 25.7 Å². The van der Waals surface area contributed by atoms with Gasteiger partial charge in [-0.1, -0.05) is 12.8 Å². The lowest BCUT2D eigenvalue weighted by Crippen LogP contribution is -2.19. The highest BCUT2D eigenvalue weighted by Crippen LogP contribution is 2.25. The minimum absolute atomic E-state index is 0.267. The van der Waals surface area contributed by atoms with E-state index in [4.69, 9.17) is 4.74 Å². The second-order valence-electron chi connectivity index (χ2n) is 6.42. The lowest BCUT2D eigenvalue weighted by molar-refractivity contribution is 0.262. The Morgan fingerprint density at radius 3 is 2.00 bits per heavy atom. The molecule has 3 N–H and O–H groups in total. The molecule has 5 nitrogen and oxygen atoms in total. The Kier molecular flexibility index (Phi) is 5.77. The third-order valence-corrected chi connectivity index (χ3v) is 4.56. The average molecular weight is 339 g/mol. The summed E-state index contributed by atoms with van der Waals surface area (Å²) in [5, 5.41) is 9.11. The standard InChI is InChI=1S/C20H25N3O2/c1-25-19-12-10-18(11-13-19)23-20(24)22-17-8-6-16(7-9-17)21-14-15-4-2-3-5-15/h6-13,15,21H,2-5,14H2,1H3,(H2,22,23,24). The first kappa shape index (κ1) is 17.1. The Labute approximate surface area is 148 Å². The summed E-state index contributed by atoms with van der Waals surface area (Å²) in [5.74, 6) is 1.56. The Morgan fingerprint density at radius 2 is 1.44 bits per heavy atom. The van der Waals surface area contributed by atoms with Gasteiger partial charge in [0.2, 0.25) is 0 Å². The fraction of sp³-hybridized carbons (Fsp3) is 0.350. The molecule has 1 aliphatic rings. The first-order valence-corrected chi connectivity index (χ1v) is 8.79. The Morgan fingerprint density at radius 1 is 0.920 bits per heavy atom. The third kappa shape index (κ3) is 5.14. The van der Waals surface area contributed by atoms with E-state index in [-0.39, 0.29) is 6.03 Å². The SMILES string of the molecule is COc1ccc(NC(=O)Nc2ccc(NCC3CCCC3)cc2)cc1. The number of methoxy groups -OCH3 is 1. The van der Waals surface area contributed by atoms with Crippen molar-refractivity contribution in [2.45, 2.75) is 25.7 Å². The molecule has 0 saturated heterocycles. The number of rotatable bonds is 6. The smallest absolute Gasteiger partial charge is 0.323 e. The number of hydrogen-bond donors (Lipinski definition) is 3. The van der Waals surface area contributed by atoms with Gasteiger partial charge >= 0.3 is 6.03 Å². The third-order valence-electron chi connectivity index (χ3n) is 4.56. The van der Waals surface area contributed by atoms with Crippen molar-refractivity contribution in [3.05, 3.63) is 48.5 Å². The van der Waals surface area contributed by atoms with E-state index >= 15 is 0 Å². The van der Waals surface area contributed by atoms with Crippen molar-refractivity contribution in [1.29, 1.82) is 0 Å². The van der Waals surface area contributed by atoms with Crippen molar-refractivity contribution in [2.75, 3.05) is 29.6 Å².